The predicted octanol–water partition coefficient (Wildman–Crippen LogP) is 1.44. The first-order valence-electron chi connectivity index (χ1n) is 6.05. The fourth-order valence-electron chi connectivity index (χ4n) is 1.43. The van der Waals surface area contributed by atoms with Crippen molar-refractivity contribution in [2.75, 3.05) is 13.1 Å². The molecule has 0 saturated heterocycles. The third-order valence-corrected chi connectivity index (χ3v) is 2.92. The number of rotatable bonds is 8. The Balaban J connectivity index is 3.73. The maximum absolute atomic E-state index is 12.0. The second kappa shape index (κ2) is 7.54. The topological polar surface area (TPSA) is 90.9 Å². The molecule has 0 bridgehead atoms. The van der Waals surface area contributed by atoms with Crippen LogP contribution in [0.3, 0.4) is 0 Å². The molecule has 0 saturated carbocycles. The van der Waals surface area contributed by atoms with Crippen LogP contribution in [0.25, 0.3) is 0 Å². The van der Waals surface area contributed by atoms with Gasteiger partial charge < -0.3 is 21.4 Å². The zero-order valence-electron chi connectivity index (χ0n) is 11.2. The van der Waals surface area contributed by atoms with Crippen LogP contribution in [0.15, 0.2) is 5.16 Å². The van der Waals surface area contributed by atoms with E-state index in [9.17, 15) is 13.2 Å². The fraction of sp³-hybridized carbons (Fsp3) is 0.909. The monoisotopic (exact) mass is 285 g/mol. The Morgan fingerprint density at radius 2 is 1.89 bits per heavy atom. The van der Waals surface area contributed by atoms with Crippen molar-refractivity contribution in [3.8, 4) is 0 Å². The molecule has 5 nitrogen and oxygen atoms in total. The summed E-state index contributed by atoms with van der Waals surface area (Å²) in [4.78, 5) is 0. The molecule has 0 aromatic heterocycles. The highest BCUT2D eigenvalue weighted by Gasteiger charge is 2.37. The van der Waals surface area contributed by atoms with Gasteiger partial charge in [0.15, 0.2) is 6.10 Å². The number of aliphatic hydroxyl groups is 1. The van der Waals surface area contributed by atoms with Gasteiger partial charge in [0.1, 0.15) is 5.84 Å². The molecule has 0 amide bonds. The molecule has 0 aromatic carbocycles. The maximum atomic E-state index is 12.0. The van der Waals surface area contributed by atoms with Crippen molar-refractivity contribution in [2.45, 2.75) is 45.4 Å². The van der Waals surface area contributed by atoms with E-state index in [4.69, 9.17) is 16.0 Å². The quantitative estimate of drug-likeness (QED) is 0.179. The van der Waals surface area contributed by atoms with Gasteiger partial charge in [0, 0.05) is 12.0 Å². The highest BCUT2D eigenvalue weighted by molar-refractivity contribution is 5.85. The predicted molar refractivity (Wildman–Crippen MR) is 66.0 cm³/mol. The minimum Gasteiger partial charge on any atom is -0.409 e. The Labute approximate surface area is 110 Å². The molecule has 0 fully saturated rings. The van der Waals surface area contributed by atoms with E-state index in [1.54, 1.807) is 0 Å². The van der Waals surface area contributed by atoms with Crippen LogP contribution >= 0.6 is 0 Å². The van der Waals surface area contributed by atoms with E-state index in [0.717, 1.165) is 6.42 Å². The molecule has 0 aliphatic heterocycles. The van der Waals surface area contributed by atoms with Crippen LogP contribution in [0.4, 0.5) is 13.2 Å². The summed E-state index contributed by atoms with van der Waals surface area (Å²) in [5.41, 5.74) is 5.06. The van der Waals surface area contributed by atoms with Gasteiger partial charge in [-0.25, -0.2) is 0 Å². The highest BCUT2D eigenvalue weighted by Crippen LogP contribution is 2.23. The van der Waals surface area contributed by atoms with Gasteiger partial charge in [-0.15, -0.1) is 0 Å². The van der Waals surface area contributed by atoms with Crippen LogP contribution in [-0.2, 0) is 0 Å². The SMILES string of the molecule is CC(C)(CCCCNCC(O)C(F)(F)F)C(N)=NO. The van der Waals surface area contributed by atoms with Gasteiger partial charge in [0.2, 0.25) is 0 Å². The summed E-state index contributed by atoms with van der Waals surface area (Å²) in [6.45, 7) is 3.51. The first-order chi connectivity index (χ1) is 8.61. The minimum absolute atomic E-state index is 0.132. The second-order valence-electron chi connectivity index (χ2n) is 5.09. The third kappa shape index (κ3) is 7.22. The first-order valence-corrected chi connectivity index (χ1v) is 6.05. The lowest BCUT2D eigenvalue weighted by atomic mass is 9.86. The number of amidine groups is 1. The van der Waals surface area contributed by atoms with Crippen molar-refractivity contribution in [1.29, 1.82) is 0 Å². The number of oxime groups is 1. The molecule has 114 valence electrons. The van der Waals surface area contributed by atoms with Gasteiger partial charge in [0.05, 0.1) is 0 Å². The molecule has 0 heterocycles. The Morgan fingerprint density at radius 3 is 2.37 bits per heavy atom. The van der Waals surface area contributed by atoms with E-state index in [1.807, 2.05) is 13.8 Å². The number of alkyl halides is 3. The molecule has 0 radical (unpaired) electrons. The molecule has 5 N–H and O–H groups in total. The Kier molecular flexibility index (Phi) is 7.14. The summed E-state index contributed by atoms with van der Waals surface area (Å²) in [6.07, 6.45) is -4.89. The van der Waals surface area contributed by atoms with Crippen LogP contribution in [0.1, 0.15) is 33.1 Å². The summed E-state index contributed by atoms with van der Waals surface area (Å²) < 4.78 is 35.9. The highest BCUT2D eigenvalue weighted by atomic mass is 19.4. The molecule has 0 rings (SSSR count). The molecular weight excluding hydrogens is 263 g/mol. The maximum Gasteiger partial charge on any atom is 0.415 e. The molecule has 0 aliphatic rings. The van der Waals surface area contributed by atoms with E-state index in [2.05, 4.69) is 10.5 Å². The van der Waals surface area contributed by atoms with Crippen LogP contribution in [-0.4, -0.2) is 41.5 Å². The lowest BCUT2D eigenvalue weighted by Gasteiger charge is -2.22. The molecule has 0 aromatic rings. The minimum atomic E-state index is -4.58. The van der Waals surface area contributed by atoms with Crippen molar-refractivity contribution >= 4 is 5.84 Å². The number of nitrogens with two attached hydrogens (primary N) is 1. The van der Waals surface area contributed by atoms with Gasteiger partial charge in [-0.2, -0.15) is 13.2 Å². The van der Waals surface area contributed by atoms with E-state index in [1.165, 1.54) is 0 Å². The lowest BCUT2D eigenvalue weighted by Crippen LogP contribution is -2.38. The third-order valence-electron chi connectivity index (χ3n) is 2.92. The number of nitrogens with one attached hydrogen (secondary N) is 1. The molecule has 0 aliphatic carbocycles. The number of hydrogen-bond donors (Lipinski definition) is 4. The number of nitrogens with zero attached hydrogens (tertiary/aromatic N) is 1. The van der Waals surface area contributed by atoms with Gasteiger partial charge in [0.25, 0.3) is 0 Å². The zero-order chi connectivity index (χ0) is 15.1. The Bertz CT molecular complexity index is 293. The lowest BCUT2D eigenvalue weighted by molar-refractivity contribution is -0.201. The average Bonchev–Trinajstić information content (AvgIpc) is 2.30. The van der Waals surface area contributed by atoms with Crippen molar-refractivity contribution in [1.82, 2.24) is 5.32 Å². The summed E-state index contributed by atoms with van der Waals surface area (Å²) in [5.74, 6) is 0.132. The van der Waals surface area contributed by atoms with Crippen LogP contribution in [0, 0.1) is 5.41 Å². The number of halogens is 3. The van der Waals surface area contributed by atoms with Gasteiger partial charge in [-0.05, 0) is 19.4 Å². The molecular formula is C11H22F3N3O2. The van der Waals surface area contributed by atoms with Gasteiger partial charge in [-0.1, -0.05) is 25.4 Å². The summed E-state index contributed by atoms with van der Waals surface area (Å²) >= 11 is 0. The number of unbranched alkanes of at least 4 members (excludes halogenated alkanes) is 1. The first kappa shape index (κ1) is 18.0. The van der Waals surface area contributed by atoms with Crippen LogP contribution in [0.5, 0.6) is 0 Å². The van der Waals surface area contributed by atoms with Crippen molar-refractivity contribution < 1.29 is 23.5 Å². The molecule has 8 heteroatoms. The summed E-state index contributed by atoms with van der Waals surface area (Å²) in [7, 11) is 0. The van der Waals surface area contributed by atoms with Crippen molar-refractivity contribution in [3.05, 3.63) is 0 Å². The molecule has 0 spiro atoms. The average molecular weight is 285 g/mol. The fourth-order valence-corrected chi connectivity index (χ4v) is 1.43. The van der Waals surface area contributed by atoms with Gasteiger partial charge >= 0.3 is 6.18 Å². The largest absolute Gasteiger partial charge is 0.415 e. The van der Waals surface area contributed by atoms with Gasteiger partial charge in [-0.3, -0.25) is 0 Å². The van der Waals surface area contributed by atoms with Crippen LogP contribution in [0.2, 0.25) is 0 Å². The number of hydrogen-bond acceptors (Lipinski definition) is 4. The second-order valence-corrected chi connectivity index (χ2v) is 5.09. The zero-order valence-corrected chi connectivity index (χ0v) is 11.2. The van der Waals surface area contributed by atoms with E-state index in [0.29, 0.717) is 19.4 Å². The molecule has 1 unspecified atom stereocenters. The van der Waals surface area contributed by atoms with E-state index >= 15 is 0 Å². The Morgan fingerprint density at radius 1 is 1.32 bits per heavy atom. The van der Waals surface area contributed by atoms with Crippen molar-refractivity contribution in [2.24, 2.45) is 16.3 Å². The van der Waals surface area contributed by atoms with Crippen molar-refractivity contribution in [3.63, 3.8) is 0 Å². The number of aliphatic hydroxyl groups excluding tert-OH is 1. The standard InChI is InChI=1S/C11H22F3N3O2/c1-10(2,9(15)17-19)5-3-4-6-16-7-8(18)11(12,13)14/h8,16,18-19H,3-7H2,1-2H3,(H2,15,17). The normalized spacial score (nSPS) is 15.6. The summed E-state index contributed by atoms with van der Waals surface area (Å²) in [6, 6.07) is 0. The summed E-state index contributed by atoms with van der Waals surface area (Å²) in [5, 5.41) is 22.8. The molecule has 1 atom stereocenters. The van der Waals surface area contributed by atoms with E-state index < -0.39 is 24.2 Å². The Hall–Kier alpha value is -1.02. The van der Waals surface area contributed by atoms with Crippen LogP contribution < -0.4 is 11.1 Å². The smallest absolute Gasteiger partial charge is 0.409 e. The molecule has 19 heavy (non-hydrogen) atoms. The van der Waals surface area contributed by atoms with E-state index in [-0.39, 0.29) is 5.84 Å².